The van der Waals surface area contributed by atoms with Crippen LogP contribution in [-0.2, 0) is 4.79 Å². The van der Waals surface area contributed by atoms with Gasteiger partial charge in [0.05, 0.1) is 18.6 Å². The lowest BCUT2D eigenvalue weighted by Crippen LogP contribution is -2.50. The van der Waals surface area contributed by atoms with Gasteiger partial charge in [0.2, 0.25) is 5.91 Å². The van der Waals surface area contributed by atoms with E-state index in [0.717, 1.165) is 12.8 Å². The van der Waals surface area contributed by atoms with Crippen molar-refractivity contribution in [3.63, 3.8) is 0 Å². The molecule has 1 aliphatic carbocycles. The molecule has 0 spiro atoms. The maximum absolute atomic E-state index is 13.1. The number of nitriles is 1. The van der Waals surface area contributed by atoms with Crippen molar-refractivity contribution in [3.05, 3.63) is 35.6 Å². The summed E-state index contributed by atoms with van der Waals surface area (Å²) in [4.78, 5) is 12.1. The van der Waals surface area contributed by atoms with Crippen molar-refractivity contribution in [1.29, 1.82) is 5.26 Å². The quantitative estimate of drug-likeness (QED) is 0.898. The number of benzene rings is 1. The van der Waals surface area contributed by atoms with Crippen molar-refractivity contribution in [3.8, 4) is 6.07 Å². The van der Waals surface area contributed by atoms with Gasteiger partial charge in [0.15, 0.2) is 0 Å². The summed E-state index contributed by atoms with van der Waals surface area (Å²) < 4.78 is 13.1. The van der Waals surface area contributed by atoms with E-state index in [1.54, 1.807) is 6.07 Å². The van der Waals surface area contributed by atoms with E-state index in [2.05, 4.69) is 18.3 Å². The first-order valence-corrected chi connectivity index (χ1v) is 7.60. The summed E-state index contributed by atoms with van der Waals surface area (Å²) in [5, 5.41) is 22.2. The van der Waals surface area contributed by atoms with Crippen molar-refractivity contribution >= 4 is 5.91 Å². The Labute approximate surface area is 130 Å². The van der Waals surface area contributed by atoms with E-state index in [4.69, 9.17) is 0 Å². The highest BCUT2D eigenvalue weighted by atomic mass is 19.1. The molecule has 2 N–H and O–H groups in total. The summed E-state index contributed by atoms with van der Waals surface area (Å²) in [5.41, 5.74) is -0.477. The number of hydrogen-bond acceptors (Lipinski definition) is 3. The van der Waals surface area contributed by atoms with Crippen molar-refractivity contribution < 1.29 is 14.3 Å². The lowest BCUT2D eigenvalue weighted by Gasteiger charge is -2.35. The number of carbonyl (C=O) groups is 1. The number of aliphatic hydroxyl groups excluding tert-OH is 1. The number of nitrogens with zero attached hydrogens (tertiary/aromatic N) is 1. The largest absolute Gasteiger partial charge is 0.388 e. The fraction of sp³-hybridized carbons (Fsp3) is 0.529. The lowest BCUT2D eigenvalue weighted by atomic mass is 9.77. The molecule has 118 valence electrons. The van der Waals surface area contributed by atoms with E-state index in [1.807, 2.05) is 0 Å². The van der Waals surface area contributed by atoms with E-state index >= 15 is 0 Å². The Kier molecular flexibility index (Phi) is 5.15. The van der Waals surface area contributed by atoms with Crippen LogP contribution in [0.2, 0.25) is 0 Å². The van der Waals surface area contributed by atoms with Crippen LogP contribution < -0.4 is 5.32 Å². The average Bonchev–Trinajstić information content (AvgIpc) is 2.47. The normalized spacial score (nSPS) is 26.0. The zero-order valence-electron chi connectivity index (χ0n) is 12.7. The van der Waals surface area contributed by atoms with Crippen molar-refractivity contribution in [2.75, 3.05) is 0 Å². The minimum Gasteiger partial charge on any atom is -0.388 e. The Morgan fingerprint density at radius 2 is 2.41 bits per heavy atom. The SMILES string of the molecule is CC1CCCC(C#N)(NC(=O)CC(O)c2cccc(F)c2)C1. The second-order valence-electron chi connectivity index (χ2n) is 6.22. The molecule has 1 aliphatic rings. The monoisotopic (exact) mass is 304 g/mol. The number of halogens is 1. The van der Waals surface area contributed by atoms with Crippen LogP contribution in [0.15, 0.2) is 24.3 Å². The highest BCUT2D eigenvalue weighted by Crippen LogP contribution is 2.32. The molecule has 0 heterocycles. The average molecular weight is 304 g/mol. The van der Waals surface area contributed by atoms with Gasteiger partial charge in [-0.05, 0) is 42.9 Å². The number of carbonyl (C=O) groups excluding carboxylic acids is 1. The van der Waals surface area contributed by atoms with Gasteiger partial charge < -0.3 is 10.4 Å². The molecule has 3 atom stereocenters. The van der Waals surface area contributed by atoms with Crippen LogP contribution in [0.3, 0.4) is 0 Å². The van der Waals surface area contributed by atoms with Gasteiger partial charge >= 0.3 is 0 Å². The molecule has 5 heteroatoms. The van der Waals surface area contributed by atoms with Gasteiger partial charge in [-0.2, -0.15) is 5.26 Å². The molecule has 2 rings (SSSR count). The molecular weight excluding hydrogens is 283 g/mol. The molecule has 0 aromatic heterocycles. The smallest absolute Gasteiger partial charge is 0.224 e. The molecule has 1 fully saturated rings. The molecule has 3 unspecified atom stereocenters. The summed E-state index contributed by atoms with van der Waals surface area (Å²) >= 11 is 0. The molecule has 4 nitrogen and oxygen atoms in total. The van der Waals surface area contributed by atoms with Gasteiger partial charge in [-0.1, -0.05) is 25.5 Å². The first-order valence-electron chi connectivity index (χ1n) is 7.60. The third-order valence-corrected chi connectivity index (χ3v) is 4.20. The number of amides is 1. The van der Waals surface area contributed by atoms with E-state index in [9.17, 15) is 19.6 Å². The van der Waals surface area contributed by atoms with E-state index in [-0.39, 0.29) is 12.3 Å². The van der Waals surface area contributed by atoms with Crippen LogP contribution in [0.1, 0.15) is 50.7 Å². The van der Waals surface area contributed by atoms with Crippen LogP contribution >= 0.6 is 0 Å². The fourth-order valence-corrected chi connectivity index (χ4v) is 3.12. The van der Waals surface area contributed by atoms with Crippen LogP contribution in [0.25, 0.3) is 0 Å². The third-order valence-electron chi connectivity index (χ3n) is 4.20. The van der Waals surface area contributed by atoms with Gasteiger partial charge in [0, 0.05) is 0 Å². The van der Waals surface area contributed by atoms with Gasteiger partial charge in [-0.3, -0.25) is 4.79 Å². The second-order valence-corrected chi connectivity index (χ2v) is 6.22. The lowest BCUT2D eigenvalue weighted by molar-refractivity contribution is -0.124. The fourth-order valence-electron chi connectivity index (χ4n) is 3.12. The molecule has 0 saturated heterocycles. The predicted octanol–water partition coefficient (Wildman–Crippen LogP) is 2.84. The number of rotatable bonds is 4. The van der Waals surface area contributed by atoms with Crippen LogP contribution in [0.5, 0.6) is 0 Å². The summed E-state index contributed by atoms with van der Waals surface area (Å²) in [7, 11) is 0. The number of aliphatic hydroxyl groups is 1. The summed E-state index contributed by atoms with van der Waals surface area (Å²) in [5.74, 6) is -0.444. The minimum atomic E-state index is -1.08. The van der Waals surface area contributed by atoms with Crippen molar-refractivity contribution in [2.24, 2.45) is 5.92 Å². The molecule has 1 aromatic carbocycles. The molecule has 22 heavy (non-hydrogen) atoms. The Morgan fingerprint density at radius 3 is 3.05 bits per heavy atom. The minimum absolute atomic E-state index is 0.179. The first-order chi connectivity index (χ1) is 10.4. The summed E-state index contributed by atoms with van der Waals surface area (Å²) in [6.07, 6.45) is 1.97. The van der Waals surface area contributed by atoms with Crippen LogP contribution in [-0.4, -0.2) is 16.6 Å². The summed E-state index contributed by atoms with van der Waals surface area (Å²) in [6, 6.07) is 7.78. The zero-order valence-corrected chi connectivity index (χ0v) is 12.7. The molecule has 0 bridgehead atoms. The second kappa shape index (κ2) is 6.89. The zero-order chi connectivity index (χ0) is 16.2. The summed E-state index contributed by atoms with van der Waals surface area (Å²) in [6.45, 7) is 2.07. The maximum atomic E-state index is 13.1. The standard InChI is InChI=1S/C17H21FN2O2/c1-12-4-3-7-17(10-12,11-19)20-16(22)9-15(21)13-5-2-6-14(18)8-13/h2,5-6,8,12,15,21H,3-4,7,9-10H2,1H3,(H,20,22). The van der Waals surface area contributed by atoms with Crippen LogP contribution in [0, 0.1) is 23.1 Å². The molecule has 1 amide bonds. The van der Waals surface area contributed by atoms with Crippen molar-refractivity contribution in [1.82, 2.24) is 5.32 Å². The number of hydrogen-bond donors (Lipinski definition) is 2. The number of nitrogens with one attached hydrogen (secondary N) is 1. The molecular formula is C17H21FN2O2. The van der Waals surface area contributed by atoms with E-state index < -0.39 is 17.5 Å². The van der Waals surface area contributed by atoms with Gasteiger partial charge in [0.1, 0.15) is 11.4 Å². The Morgan fingerprint density at radius 1 is 1.64 bits per heavy atom. The van der Waals surface area contributed by atoms with Gasteiger partial charge in [-0.25, -0.2) is 4.39 Å². The van der Waals surface area contributed by atoms with Gasteiger partial charge in [0.25, 0.3) is 0 Å². The first kappa shape index (κ1) is 16.4. The Balaban J connectivity index is 1.98. The van der Waals surface area contributed by atoms with E-state index in [1.165, 1.54) is 18.2 Å². The van der Waals surface area contributed by atoms with Crippen LogP contribution in [0.4, 0.5) is 4.39 Å². The molecule has 0 radical (unpaired) electrons. The molecule has 0 aliphatic heterocycles. The topological polar surface area (TPSA) is 73.1 Å². The predicted molar refractivity (Wildman–Crippen MR) is 80.1 cm³/mol. The molecule has 1 aromatic rings. The Bertz CT molecular complexity index is 584. The highest BCUT2D eigenvalue weighted by Gasteiger charge is 2.36. The highest BCUT2D eigenvalue weighted by molar-refractivity contribution is 5.78. The maximum Gasteiger partial charge on any atom is 0.224 e. The Hall–Kier alpha value is -1.93. The third kappa shape index (κ3) is 4.05. The molecule has 1 saturated carbocycles. The van der Waals surface area contributed by atoms with E-state index in [0.29, 0.717) is 24.3 Å². The van der Waals surface area contributed by atoms with Gasteiger partial charge in [-0.15, -0.1) is 0 Å². The van der Waals surface area contributed by atoms with Crippen molar-refractivity contribution in [2.45, 2.75) is 50.7 Å².